The SMILES string of the molecule is CCNC(C)c1ccc(Oc2cc(C)cc(C)c2)cc1Cl. The molecule has 1 atom stereocenters. The molecule has 0 saturated carbocycles. The van der Waals surface area contributed by atoms with Crippen LogP contribution in [0.4, 0.5) is 0 Å². The van der Waals surface area contributed by atoms with Crippen LogP contribution in [0, 0.1) is 13.8 Å². The summed E-state index contributed by atoms with van der Waals surface area (Å²) in [5.41, 5.74) is 3.47. The van der Waals surface area contributed by atoms with Crippen molar-refractivity contribution in [3.8, 4) is 11.5 Å². The van der Waals surface area contributed by atoms with Crippen LogP contribution >= 0.6 is 11.6 Å². The van der Waals surface area contributed by atoms with Gasteiger partial charge in [0.25, 0.3) is 0 Å². The number of benzene rings is 2. The molecule has 2 nitrogen and oxygen atoms in total. The molecule has 0 aliphatic carbocycles. The molecule has 0 bridgehead atoms. The topological polar surface area (TPSA) is 21.3 Å². The Balaban J connectivity index is 2.20. The average Bonchev–Trinajstić information content (AvgIpc) is 2.37. The van der Waals surface area contributed by atoms with Gasteiger partial charge in [0, 0.05) is 11.1 Å². The van der Waals surface area contributed by atoms with Crippen LogP contribution in [0.5, 0.6) is 11.5 Å². The Morgan fingerprint density at radius 2 is 1.71 bits per heavy atom. The molecule has 112 valence electrons. The van der Waals surface area contributed by atoms with Crippen molar-refractivity contribution in [2.24, 2.45) is 0 Å². The van der Waals surface area contributed by atoms with Crippen LogP contribution < -0.4 is 10.1 Å². The largest absolute Gasteiger partial charge is 0.457 e. The van der Waals surface area contributed by atoms with Crippen molar-refractivity contribution in [2.75, 3.05) is 6.54 Å². The summed E-state index contributed by atoms with van der Waals surface area (Å²) >= 11 is 6.37. The Morgan fingerprint density at radius 1 is 1.05 bits per heavy atom. The molecule has 2 rings (SSSR count). The second-order valence-electron chi connectivity index (χ2n) is 5.39. The molecule has 0 aliphatic heterocycles. The number of nitrogens with one attached hydrogen (secondary N) is 1. The summed E-state index contributed by atoms with van der Waals surface area (Å²) in [6.07, 6.45) is 0. The summed E-state index contributed by atoms with van der Waals surface area (Å²) in [5, 5.41) is 4.09. The zero-order valence-corrected chi connectivity index (χ0v) is 13.8. The molecule has 0 saturated heterocycles. The van der Waals surface area contributed by atoms with E-state index in [0.717, 1.165) is 28.6 Å². The van der Waals surface area contributed by atoms with Crippen molar-refractivity contribution in [2.45, 2.75) is 33.7 Å². The van der Waals surface area contributed by atoms with Crippen LogP contribution in [0.25, 0.3) is 0 Å². The third kappa shape index (κ3) is 4.23. The standard InChI is InChI=1S/C18H22ClNO/c1-5-20-14(4)17-7-6-15(11-18(17)19)21-16-9-12(2)8-13(3)10-16/h6-11,14,20H,5H2,1-4H3. The smallest absolute Gasteiger partial charge is 0.128 e. The Labute approximate surface area is 132 Å². The molecule has 0 spiro atoms. The lowest BCUT2D eigenvalue weighted by Crippen LogP contribution is -2.17. The van der Waals surface area contributed by atoms with Gasteiger partial charge in [-0.2, -0.15) is 0 Å². The van der Waals surface area contributed by atoms with E-state index in [1.54, 1.807) is 0 Å². The van der Waals surface area contributed by atoms with E-state index in [2.05, 4.69) is 39.1 Å². The van der Waals surface area contributed by atoms with Gasteiger partial charge < -0.3 is 10.1 Å². The third-order valence-corrected chi connectivity index (χ3v) is 3.71. The highest BCUT2D eigenvalue weighted by atomic mass is 35.5. The van der Waals surface area contributed by atoms with E-state index in [1.807, 2.05) is 30.3 Å². The van der Waals surface area contributed by atoms with Gasteiger partial charge in [-0.1, -0.05) is 30.7 Å². The van der Waals surface area contributed by atoms with Crippen LogP contribution in [-0.4, -0.2) is 6.54 Å². The minimum Gasteiger partial charge on any atom is -0.457 e. The van der Waals surface area contributed by atoms with Crippen LogP contribution in [0.15, 0.2) is 36.4 Å². The van der Waals surface area contributed by atoms with E-state index in [0.29, 0.717) is 0 Å². The number of ether oxygens (including phenoxy) is 1. The summed E-state index contributed by atoms with van der Waals surface area (Å²) in [7, 11) is 0. The maximum absolute atomic E-state index is 6.37. The van der Waals surface area contributed by atoms with Gasteiger partial charge >= 0.3 is 0 Å². The molecule has 2 aromatic rings. The first-order valence-electron chi connectivity index (χ1n) is 7.28. The Bertz CT molecular complexity index is 604. The van der Waals surface area contributed by atoms with Crippen molar-refractivity contribution in [1.29, 1.82) is 0 Å². The highest BCUT2D eigenvalue weighted by Crippen LogP contribution is 2.30. The van der Waals surface area contributed by atoms with Gasteiger partial charge in [0.1, 0.15) is 11.5 Å². The quantitative estimate of drug-likeness (QED) is 0.796. The first-order chi connectivity index (χ1) is 9.99. The molecule has 0 fully saturated rings. The number of hydrogen-bond acceptors (Lipinski definition) is 2. The number of hydrogen-bond donors (Lipinski definition) is 1. The second-order valence-corrected chi connectivity index (χ2v) is 5.80. The molecule has 0 heterocycles. The highest BCUT2D eigenvalue weighted by Gasteiger charge is 2.10. The minimum atomic E-state index is 0.234. The average molecular weight is 304 g/mol. The molecule has 0 aromatic heterocycles. The number of rotatable bonds is 5. The minimum absolute atomic E-state index is 0.234. The maximum Gasteiger partial charge on any atom is 0.128 e. The van der Waals surface area contributed by atoms with Gasteiger partial charge in [0.05, 0.1) is 0 Å². The first-order valence-corrected chi connectivity index (χ1v) is 7.66. The van der Waals surface area contributed by atoms with Gasteiger partial charge in [-0.25, -0.2) is 0 Å². The first kappa shape index (κ1) is 15.9. The molecule has 1 unspecified atom stereocenters. The molecule has 0 aliphatic rings. The lowest BCUT2D eigenvalue weighted by atomic mass is 10.1. The lowest BCUT2D eigenvalue weighted by molar-refractivity contribution is 0.481. The second kappa shape index (κ2) is 6.97. The van der Waals surface area contributed by atoms with Crippen LogP contribution in [0.2, 0.25) is 5.02 Å². The van der Waals surface area contributed by atoms with E-state index in [1.165, 1.54) is 11.1 Å². The molecular weight excluding hydrogens is 282 g/mol. The summed E-state index contributed by atoms with van der Waals surface area (Å²) in [6.45, 7) is 9.23. The van der Waals surface area contributed by atoms with Crippen LogP contribution in [-0.2, 0) is 0 Å². The fourth-order valence-corrected chi connectivity index (χ4v) is 2.80. The Hall–Kier alpha value is -1.51. The summed E-state index contributed by atoms with van der Waals surface area (Å²) < 4.78 is 5.91. The zero-order valence-electron chi connectivity index (χ0n) is 13.0. The zero-order chi connectivity index (χ0) is 15.4. The third-order valence-electron chi connectivity index (χ3n) is 3.38. The number of aryl methyl sites for hydroxylation is 2. The highest BCUT2D eigenvalue weighted by molar-refractivity contribution is 6.31. The Morgan fingerprint density at radius 3 is 2.29 bits per heavy atom. The fourth-order valence-electron chi connectivity index (χ4n) is 2.47. The molecule has 0 radical (unpaired) electrons. The lowest BCUT2D eigenvalue weighted by Gasteiger charge is -2.15. The van der Waals surface area contributed by atoms with Crippen molar-refractivity contribution < 1.29 is 4.74 Å². The molecule has 3 heteroatoms. The monoisotopic (exact) mass is 303 g/mol. The van der Waals surface area contributed by atoms with E-state index >= 15 is 0 Å². The van der Waals surface area contributed by atoms with Crippen molar-refractivity contribution in [3.05, 3.63) is 58.1 Å². The normalized spacial score (nSPS) is 12.2. The van der Waals surface area contributed by atoms with E-state index in [9.17, 15) is 0 Å². The molecule has 1 N–H and O–H groups in total. The van der Waals surface area contributed by atoms with E-state index in [-0.39, 0.29) is 6.04 Å². The molecule has 21 heavy (non-hydrogen) atoms. The van der Waals surface area contributed by atoms with Gasteiger partial charge in [0.2, 0.25) is 0 Å². The number of halogens is 1. The predicted octanol–water partition coefficient (Wildman–Crippen LogP) is 5.42. The van der Waals surface area contributed by atoms with Crippen LogP contribution in [0.3, 0.4) is 0 Å². The molecule has 2 aromatic carbocycles. The van der Waals surface area contributed by atoms with E-state index in [4.69, 9.17) is 16.3 Å². The molecular formula is C18H22ClNO. The van der Waals surface area contributed by atoms with E-state index < -0.39 is 0 Å². The summed E-state index contributed by atoms with van der Waals surface area (Å²) in [5.74, 6) is 1.61. The molecule has 0 amide bonds. The van der Waals surface area contributed by atoms with Gasteiger partial charge in [-0.3, -0.25) is 0 Å². The van der Waals surface area contributed by atoms with Gasteiger partial charge in [-0.15, -0.1) is 0 Å². The predicted molar refractivity (Wildman–Crippen MR) is 89.5 cm³/mol. The summed E-state index contributed by atoms with van der Waals surface area (Å²) in [4.78, 5) is 0. The van der Waals surface area contributed by atoms with Crippen molar-refractivity contribution >= 4 is 11.6 Å². The maximum atomic E-state index is 6.37. The fraction of sp³-hybridized carbons (Fsp3) is 0.333. The Kier molecular flexibility index (Phi) is 5.27. The van der Waals surface area contributed by atoms with Gasteiger partial charge in [-0.05, 0) is 68.3 Å². The van der Waals surface area contributed by atoms with Gasteiger partial charge in [0.15, 0.2) is 0 Å². The summed E-state index contributed by atoms with van der Waals surface area (Å²) in [6, 6.07) is 12.3. The van der Waals surface area contributed by atoms with Crippen LogP contribution in [0.1, 0.15) is 36.6 Å². The van der Waals surface area contributed by atoms with Crippen molar-refractivity contribution in [3.63, 3.8) is 0 Å². The van der Waals surface area contributed by atoms with Crippen molar-refractivity contribution in [1.82, 2.24) is 5.32 Å².